The SMILES string of the molecule is COc1ccc(C(=O)N(C)c2ccccc2C)c(O)c1. The summed E-state index contributed by atoms with van der Waals surface area (Å²) in [7, 11) is 3.20. The number of hydrogen-bond acceptors (Lipinski definition) is 3. The minimum Gasteiger partial charge on any atom is -0.507 e. The molecule has 0 bridgehead atoms. The number of ether oxygens (including phenoxy) is 1. The molecule has 0 aromatic heterocycles. The molecule has 2 aromatic carbocycles. The Kier molecular flexibility index (Phi) is 3.94. The fraction of sp³-hybridized carbons (Fsp3) is 0.188. The number of carbonyl (C=O) groups is 1. The molecule has 20 heavy (non-hydrogen) atoms. The van der Waals surface area contributed by atoms with Gasteiger partial charge in [0.2, 0.25) is 0 Å². The lowest BCUT2D eigenvalue weighted by molar-refractivity contribution is 0.0990. The Labute approximate surface area is 118 Å². The molecule has 4 heteroatoms. The highest BCUT2D eigenvalue weighted by Gasteiger charge is 2.18. The first-order valence-electron chi connectivity index (χ1n) is 6.25. The topological polar surface area (TPSA) is 49.8 Å². The summed E-state index contributed by atoms with van der Waals surface area (Å²) in [6, 6.07) is 12.2. The summed E-state index contributed by atoms with van der Waals surface area (Å²) in [6.45, 7) is 1.94. The largest absolute Gasteiger partial charge is 0.507 e. The molecule has 4 nitrogen and oxygen atoms in total. The van der Waals surface area contributed by atoms with E-state index in [2.05, 4.69) is 0 Å². The van der Waals surface area contributed by atoms with Gasteiger partial charge in [-0.15, -0.1) is 0 Å². The van der Waals surface area contributed by atoms with E-state index in [0.29, 0.717) is 5.75 Å². The summed E-state index contributed by atoms with van der Waals surface area (Å²) >= 11 is 0. The van der Waals surface area contributed by atoms with Gasteiger partial charge in [0.05, 0.1) is 12.7 Å². The second kappa shape index (κ2) is 5.65. The monoisotopic (exact) mass is 271 g/mol. The van der Waals surface area contributed by atoms with Crippen molar-refractivity contribution in [2.45, 2.75) is 6.92 Å². The van der Waals surface area contributed by atoms with Crippen LogP contribution in [0.25, 0.3) is 0 Å². The Bertz CT molecular complexity index is 637. The number of hydrogen-bond donors (Lipinski definition) is 1. The third kappa shape index (κ3) is 2.59. The van der Waals surface area contributed by atoms with E-state index in [-0.39, 0.29) is 17.2 Å². The molecule has 0 aliphatic heterocycles. The second-order valence-corrected chi connectivity index (χ2v) is 4.53. The summed E-state index contributed by atoms with van der Waals surface area (Å²) in [5, 5.41) is 9.93. The van der Waals surface area contributed by atoms with Gasteiger partial charge in [-0.1, -0.05) is 18.2 Å². The number of amides is 1. The molecule has 0 saturated carbocycles. The van der Waals surface area contributed by atoms with Crippen LogP contribution in [0.2, 0.25) is 0 Å². The zero-order valence-corrected chi connectivity index (χ0v) is 11.8. The Morgan fingerprint density at radius 3 is 2.50 bits per heavy atom. The number of aromatic hydroxyl groups is 1. The van der Waals surface area contributed by atoms with Gasteiger partial charge >= 0.3 is 0 Å². The van der Waals surface area contributed by atoms with Gasteiger partial charge in [0.1, 0.15) is 11.5 Å². The van der Waals surface area contributed by atoms with Crippen molar-refractivity contribution in [2.75, 3.05) is 19.1 Å². The number of phenolic OH excluding ortho intramolecular Hbond substituents is 1. The summed E-state index contributed by atoms with van der Waals surface area (Å²) in [5.41, 5.74) is 2.06. The van der Waals surface area contributed by atoms with Crippen LogP contribution in [0, 0.1) is 6.92 Å². The molecule has 1 N–H and O–H groups in total. The number of carbonyl (C=O) groups excluding carboxylic acids is 1. The Morgan fingerprint density at radius 1 is 1.20 bits per heavy atom. The van der Waals surface area contributed by atoms with Gasteiger partial charge in [0.25, 0.3) is 5.91 Å². The van der Waals surface area contributed by atoms with E-state index in [1.807, 2.05) is 31.2 Å². The zero-order chi connectivity index (χ0) is 14.7. The highest BCUT2D eigenvalue weighted by Crippen LogP contribution is 2.27. The number of methoxy groups -OCH3 is 1. The third-order valence-corrected chi connectivity index (χ3v) is 3.22. The van der Waals surface area contributed by atoms with E-state index in [1.165, 1.54) is 18.1 Å². The molecule has 0 unspecified atom stereocenters. The molecule has 0 atom stereocenters. The third-order valence-electron chi connectivity index (χ3n) is 3.22. The molecule has 0 fully saturated rings. The van der Waals surface area contributed by atoms with Crippen LogP contribution < -0.4 is 9.64 Å². The number of anilines is 1. The van der Waals surface area contributed by atoms with Crippen LogP contribution in [-0.4, -0.2) is 25.2 Å². The molecule has 104 valence electrons. The van der Waals surface area contributed by atoms with Gasteiger partial charge in [-0.05, 0) is 30.7 Å². The molecule has 0 spiro atoms. The molecule has 2 rings (SSSR count). The average molecular weight is 271 g/mol. The Hall–Kier alpha value is -2.49. The lowest BCUT2D eigenvalue weighted by Crippen LogP contribution is -2.26. The summed E-state index contributed by atoms with van der Waals surface area (Å²) < 4.78 is 5.01. The number of aryl methyl sites for hydroxylation is 1. The highest BCUT2D eigenvalue weighted by atomic mass is 16.5. The number of phenols is 1. The summed E-state index contributed by atoms with van der Waals surface area (Å²) in [4.78, 5) is 14.0. The summed E-state index contributed by atoms with van der Waals surface area (Å²) in [5.74, 6) is 0.159. The molecule has 1 amide bonds. The van der Waals surface area contributed by atoms with Crippen molar-refractivity contribution in [3.63, 3.8) is 0 Å². The first-order chi connectivity index (χ1) is 9.54. The summed E-state index contributed by atoms with van der Waals surface area (Å²) in [6.07, 6.45) is 0. The van der Waals surface area contributed by atoms with E-state index in [1.54, 1.807) is 19.2 Å². The molecule has 0 radical (unpaired) electrons. The van der Waals surface area contributed by atoms with E-state index < -0.39 is 0 Å². The van der Waals surface area contributed by atoms with Crippen molar-refractivity contribution >= 4 is 11.6 Å². The van der Waals surface area contributed by atoms with Crippen molar-refractivity contribution in [3.8, 4) is 11.5 Å². The van der Waals surface area contributed by atoms with Crippen molar-refractivity contribution < 1.29 is 14.6 Å². The van der Waals surface area contributed by atoms with Gasteiger partial charge < -0.3 is 14.7 Å². The molecule has 0 aliphatic carbocycles. The lowest BCUT2D eigenvalue weighted by Gasteiger charge is -2.20. The minimum absolute atomic E-state index is 0.0882. The van der Waals surface area contributed by atoms with Crippen LogP contribution in [-0.2, 0) is 0 Å². The van der Waals surface area contributed by atoms with Crippen molar-refractivity contribution in [1.82, 2.24) is 0 Å². The number of nitrogens with zero attached hydrogens (tertiary/aromatic N) is 1. The van der Waals surface area contributed by atoms with E-state index in [4.69, 9.17) is 4.74 Å². The van der Waals surface area contributed by atoms with Crippen LogP contribution in [0.1, 0.15) is 15.9 Å². The van der Waals surface area contributed by atoms with E-state index >= 15 is 0 Å². The number of rotatable bonds is 3. The van der Waals surface area contributed by atoms with Gasteiger partial charge in [-0.3, -0.25) is 4.79 Å². The number of benzene rings is 2. The molecule has 0 saturated heterocycles. The minimum atomic E-state index is -0.264. The van der Waals surface area contributed by atoms with Crippen LogP contribution in [0.3, 0.4) is 0 Å². The smallest absolute Gasteiger partial charge is 0.261 e. The number of para-hydroxylation sites is 1. The highest BCUT2D eigenvalue weighted by molar-refractivity contribution is 6.07. The van der Waals surface area contributed by atoms with Crippen LogP contribution in [0.4, 0.5) is 5.69 Å². The molecule has 0 aliphatic rings. The first-order valence-corrected chi connectivity index (χ1v) is 6.25. The maximum atomic E-state index is 12.4. The fourth-order valence-electron chi connectivity index (χ4n) is 2.05. The molecular weight excluding hydrogens is 254 g/mol. The maximum absolute atomic E-state index is 12.4. The zero-order valence-electron chi connectivity index (χ0n) is 11.8. The van der Waals surface area contributed by atoms with E-state index in [9.17, 15) is 9.90 Å². The quantitative estimate of drug-likeness (QED) is 0.933. The van der Waals surface area contributed by atoms with Gasteiger partial charge in [-0.2, -0.15) is 0 Å². The molecular formula is C16H17NO3. The van der Waals surface area contributed by atoms with Crippen molar-refractivity contribution in [2.24, 2.45) is 0 Å². The predicted molar refractivity (Wildman–Crippen MR) is 78.6 cm³/mol. The van der Waals surface area contributed by atoms with Gasteiger partial charge in [-0.25, -0.2) is 0 Å². The fourth-order valence-corrected chi connectivity index (χ4v) is 2.05. The van der Waals surface area contributed by atoms with Crippen molar-refractivity contribution in [3.05, 3.63) is 53.6 Å². The second-order valence-electron chi connectivity index (χ2n) is 4.53. The predicted octanol–water partition coefficient (Wildman–Crippen LogP) is 2.99. The average Bonchev–Trinajstić information content (AvgIpc) is 2.46. The van der Waals surface area contributed by atoms with Gasteiger partial charge in [0.15, 0.2) is 0 Å². The molecule has 2 aromatic rings. The standard InChI is InChI=1S/C16H17NO3/c1-11-6-4-5-7-14(11)17(2)16(19)13-9-8-12(20-3)10-15(13)18/h4-10,18H,1-3H3. The lowest BCUT2D eigenvalue weighted by atomic mass is 10.1. The van der Waals surface area contributed by atoms with Gasteiger partial charge in [0, 0.05) is 18.8 Å². The van der Waals surface area contributed by atoms with Crippen molar-refractivity contribution in [1.29, 1.82) is 0 Å². The Balaban J connectivity index is 2.34. The van der Waals surface area contributed by atoms with E-state index in [0.717, 1.165) is 11.3 Å². The molecule has 0 heterocycles. The first kappa shape index (κ1) is 13.9. The van der Waals surface area contributed by atoms with Crippen LogP contribution in [0.5, 0.6) is 11.5 Å². The maximum Gasteiger partial charge on any atom is 0.261 e. The normalized spacial score (nSPS) is 10.2. The van der Waals surface area contributed by atoms with Crippen LogP contribution >= 0.6 is 0 Å². The Morgan fingerprint density at radius 2 is 1.90 bits per heavy atom. The van der Waals surface area contributed by atoms with Crippen LogP contribution in [0.15, 0.2) is 42.5 Å².